The number of aliphatic hydroxyl groups excluding tert-OH is 2. The number of unbranched alkanes of at least 4 members (excludes halogenated alkanes) is 21. The quantitative estimate of drug-likeness (QED) is 0.0322. The maximum atomic E-state index is 13.2. The monoisotopic (exact) mass is 874 g/mol. The molecule has 3 atom stereocenters. The summed E-state index contributed by atoms with van der Waals surface area (Å²) in [5.41, 5.74) is 0. The molecule has 0 aliphatic carbocycles. The van der Waals surface area contributed by atoms with Crippen molar-refractivity contribution in [1.82, 2.24) is 5.32 Å². The van der Waals surface area contributed by atoms with Crippen LogP contribution in [0.15, 0.2) is 109 Å². The largest absolute Gasteiger partial charge is 0.462 e. The lowest BCUT2D eigenvalue weighted by atomic mass is 10.0. The number of hydrogen-bond donors (Lipinski definition) is 3. The number of carbonyl (C=O) groups excluding carboxylic acids is 2. The van der Waals surface area contributed by atoms with Gasteiger partial charge in [0.2, 0.25) is 5.91 Å². The van der Waals surface area contributed by atoms with Gasteiger partial charge in [0.1, 0.15) is 6.10 Å². The van der Waals surface area contributed by atoms with E-state index < -0.39 is 18.2 Å². The molecular formula is C57H95NO5. The van der Waals surface area contributed by atoms with E-state index in [1.54, 1.807) is 0 Å². The Hall–Kier alpha value is -3.48. The molecule has 0 aliphatic rings. The van der Waals surface area contributed by atoms with Crippen LogP contribution in [-0.4, -0.2) is 46.9 Å². The molecule has 0 saturated heterocycles. The number of nitrogens with one attached hydrogen (secondary N) is 1. The predicted octanol–water partition coefficient (Wildman–Crippen LogP) is 15.5. The van der Waals surface area contributed by atoms with Crippen LogP contribution in [0.5, 0.6) is 0 Å². The number of amides is 1. The number of carbonyl (C=O) groups is 2. The number of ether oxygens (including phenoxy) is 1. The van der Waals surface area contributed by atoms with Gasteiger partial charge in [0.15, 0.2) is 0 Å². The Labute approximate surface area is 388 Å². The van der Waals surface area contributed by atoms with Crippen LogP contribution in [0.2, 0.25) is 0 Å². The van der Waals surface area contributed by atoms with Crippen LogP contribution in [-0.2, 0) is 14.3 Å². The van der Waals surface area contributed by atoms with Crippen molar-refractivity contribution >= 4 is 11.9 Å². The minimum absolute atomic E-state index is 0.0162. The van der Waals surface area contributed by atoms with Gasteiger partial charge in [0.25, 0.3) is 0 Å². The van der Waals surface area contributed by atoms with Gasteiger partial charge < -0.3 is 20.3 Å². The van der Waals surface area contributed by atoms with Crippen LogP contribution >= 0.6 is 0 Å². The van der Waals surface area contributed by atoms with Gasteiger partial charge in [-0.1, -0.05) is 246 Å². The van der Waals surface area contributed by atoms with Gasteiger partial charge in [-0.15, -0.1) is 0 Å². The van der Waals surface area contributed by atoms with Crippen molar-refractivity contribution in [3.63, 3.8) is 0 Å². The molecule has 0 fully saturated rings. The van der Waals surface area contributed by atoms with E-state index in [-0.39, 0.29) is 31.3 Å². The zero-order valence-electron chi connectivity index (χ0n) is 40.7. The van der Waals surface area contributed by atoms with Crippen molar-refractivity contribution in [2.24, 2.45) is 0 Å². The van der Waals surface area contributed by atoms with Crippen LogP contribution in [0.3, 0.4) is 0 Å². The highest BCUT2D eigenvalue weighted by atomic mass is 16.5. The van der Waals surface area contributed by atoms with Gasteiger partial charge in [0, 0.05) is 6.42 Å². The molecule has 0 aliphatic heterocycles. The van der Waals surface area contributed by atoms with Crippen LogP contribution in [0.4, 0.5) is 0 Å². The number of rotatable bonds is 44. The molecule has 0 radical (unpaired) electrons. The second-order valence-corrected chi connectivity index (χ2v) is 17.0. The minimum Gasteiger partial charge on any atom is -0.462 e. The lowest BCUT2D eigenvalue weighted by Gasteiger charge is -2.24. The Morgan fingerprint density at radius 1 is 0.476 bits per heavy atom. The predicted molar refractivity (Wildman–Crippen MR) is 273 cm³/mol. The van der Waals surface area contributed by atoms with E-state index in [1.807, 2.05) is 72.9 Å². The van der Waals surface area contributed by atoms with Gasteiger partial charge in [-0.2, -0.15) is 0 Å². The van der Waals surface area contributed by atoms with E-state index in [0.29, 0.717) is 19.3 Å². The normalized spacial score (nSPS) is 14.2. The molecule has 6 heteroatoms. The molecule has 1 amide bonds. The first-order valence-corrected chi connectivity index (χ1v) is 25.7. The van der Waals surface area contributed by atoms with Crippen LogP contribution in [0.25, 0.3) is 0 Å². The van der Waals surface area contributed by atoms with Crippen molar-refractivity contribution in [2.75, 3.05) is 6.61 Å². The molecule has 358 valence electrons. The van der Waals surface area contributed by atoms with Crippen molar-refractivity contribution in [3.05, 3.63) is 109 Å². The molecule has 0 rings (SSSR count). The van der Waals surface area contributed by atoms with Crippen LogP contribution < -0.4 is 5.32 Å². The first-order valence-electron chi connectivity index (χ1n) is 25.7. The van der Waals surface area contributed by atoms with Gasteiger partial charge in [-0.3, -0.25) is 9.59 Å². The van der Waals surface area contributed by atoms with Gasteiger partial charge in [0.05, 0.1) is 25.2 Å². The van der Waals surface area contributed by atoms with Crippen LogP contribution in [0, 0.1) is 0 Å². The third-order valence-electron chi connectivity index (χ3n) is 11.1. The molecule has 0 saturated carbocycles. The summed E-state index contributed by atoms with van der Waals surface area (Å²) in [6.45, 7) is 6.26. The molecule has 0 aromatic heterocycles. The minimum atomic E-state index is -0.818. The SMILES string of the molecule is CC/C=C/C=C/C=C\C=C/C=C/CCCC(=O)OC(CCCCC/C=C/C=C/C=C/C=C/CCCCC)CC(=O)NC(CO)C(O)CCCCCCCCCCCCCCCCC. The van der Waals surface area contributed by atoms with Gasteiger partial charge in [-0.05, 0) is 64.2 Å². The van der Waals surface area contributed by atoms with E-state index in [2.05, 4.69) is 62.5 Å². The topological polar surface area (TPSA) is 95.9 Å². The Morgan fingerprint density at radius 2 is 0.857 bits per heavy atom. The van der Waals surface area contributed by atoms with Gasteiger partial charge in [-0.25, -0.2) is 0 Å². The fourth-order valence-corrected chi connectivity index (χ4v) is 7.18. The van der Waals surface area contributed by atoms with E-state index in [1.165, 1.54) is 96.3 Å². The summed E-state index contributed by atoms with van der Waals surface area (Å²) < 4.78 is 5.87. The second-order valence-electron chi connectivity index (χ2n) is 17.0. The summed E-state index contributed by atoms with van der Waals surface area (Å²) in [6, 6.07) is -0.737. The summed E-state index contributed by atoms with van der Waals surface area (Å²) >= 11 is 0. The Balaban J connectivity index is 4.78. The number of esters is 1. The average Bonchev–Trinajstić information content (AvgIpc) is 3.28. The van der Waals surface area contributed by atoms with E-state index >= 15 is 0 Å². The van der Waals surface area contributed by atoms with Crippen molar-refractivity contribution in [3.8, 4) is 0 Å². The second kappa shape index (κ2) is 49.5. The van der Waals surface area contributed by atoms with E-state index in [0.717, 1.165) is 64.2 Å². The molecule has 0 bridgehead atoms. The maximum absolute atomic E-state index is 13.2. The van der Waals surface area contributed by atoms with Crippen LogP contribution in [0.1, 0.15) is 213 Å². The zero-order chi connectivity index (χ0) is 45.9. The summed E-state index contributed by atoms with van der Waals surface area (Å²) in [4.78, 5) is 26.1. The number of hydrogen-bond acceptors (Lipinski definition) is 5. The number of aliphatic hydroxyl groups is 2. The first kappa shape index (κ1) is 59.5. The smallest absolute Gasteiger partial charge is 0.306 e. The maximum Gasteiger partial charge on any atom is 0.306 e. The van der Waals surface area contributed by atoms with Crippen molar-refractivity contribution in [2.45, 2.75) is 232 Å². The molecule has 63 heavy (non-hydrogen) atoms. The Bertz CT molecular complexity index is 1300. The lowest BCUT2D eigenvalue weighted by molar-refractivity contribution is -0.151. The molecule has 3 unspecified atom stereocenters. The molecule has 0 aromatic rings. The van der Waals surface area contributed by atoms with Gasteiger partial charge >= 0.3 is 5.97 Å². The molecular weight excluding hydrogens is 779 g/mol. The molecule has 0 heterocycles. The van der Waals surface area contributed by atoms with Crippen molar-refractivity contribution in [1.29, 1.82) is 0 Å². The fraction of sp³-hybridized carbons (Fsp3) is 0.649. The summed E-state index contributed by atoms with van der Waals surface area (Å²) in [5, 5.41) is 23.8. The third kappa shape index (κ3) is 44.9. The number of allylic oxidation sites excluding steroid dienone is 18. The Morgan fingerprint density at radius 3 is 1.33 bits per heavy atom. The molecule has 6 nitrogen and oxygen atoms in total. The summed E-state index contributed by atoms with van der Waals surface area (Å²) in [5.74, 6) is -0.610. The van der Waals surface area contributed by atoms with Crippen molar-refractivity contribution < 1.29 is 24.5 Å². The highest BCUT2D eigenvalue weighted by Gasteiger charge is 2.24. The summed E-state index contributed by atoms with van der Waals surface area (Å²) in [6.07, 6.45) is 67.2. The molecule has 0 spiro atoms. The summed E-state index contributed by atoms with van der Waals surface area (Å²) in [7, 11) is 0. The average molecular weight is 874 g/mol. The Kier molecular flexibility index (Phi) is 46.8. The lowest BCUT2D eigenvalue weighted by Crippen LogP contribution is -2.46. The highest BCUT2D eigenvalue weighted by molar-refractivity contribution is 5.77. The highest BCUT2D eigenvalue weighted by Crippen LogP contribution is 2.17. The first-order chi connectivity index (χ1) is 31.0. The molecule has 0 aromatic carbocycles. The third-order valence-corrected chi connectivity index (χ3v) is 11.1. The van der Waals surface area contributed by atoms with E-state index in [9.17, 15) is 19.8 Å². The fourth-order valence-electron chi connectivity index (χ4n) is 7.18. The zero-order valence-corrected chi connectivity index (χ0v) is 40.7. The van der Waals surface area contributed by atoms with E-state index in [4.69, 9.17) is 4.74 Å². The molecule has 3 N–H and O–H groups in total. The standard InChI is InChI=1S/C57H95NO5/c1-4-7-10-13-16-19-22-25-27-29-31-33-36-39-42-45-48-53(63-57(62)50-47-44-41-38-35-30-24-21-18-15-12-9-6-3)51-56(61)58-54(52-59)55(60)49-46-43-40-37-34-32-28-26-23-20-17-14-11-8-5-2/h9,12,15-16,18-19,21-22,24-25,27,29-31,33,35,38,41,53-55,59-60H,4-8,10-11,13-14,17,20,23,26,28,32,34,36-37,39-40,42-52H2,1-3H3,(H,58,61)/b12-9+,18-15+,19-16+,24-21-,25-22+,29-27+,33-31+,35-30-,41-38+.